The Kier molecular flexibility index (Phi) is 6.27. The molecule has 2 aromatic rings. The van der Waals surface area contributed by atoms with Crippen molar-refractivity contribution < 1.29 is 22.9 Å². The van der Waals surface area contributed by atoms with Gasteiger partial charge in [-0.25, -0.2) is 0 Å². The van der Waals surface area contributed by atoms with Crippen molar-refractivity contribution in [2.75, 3.05) is 6.54 Å². The number of ketones is 1. The molecule has 28 heavy (non-hydrogen) atoms. The van der Waals surface area contributed by atoms with Gasteiger partial charge in [-0.2, -0.15) is 13.2 Å². The fourth-order valence-electron chi connectivity index (χ4n) is 3.20. The summed E-state index contributed by atoms with van der Waals surface area (Å²) in [5.74, 6) is -0.821. The second-order valence-corrected chi connectivity index (χ2v) is 7.61. The van der Waals surface area contributed by atoms with Crippen molar-refractivity contribution >= 4 is 21.7 Å². The molecule has 0 radical (unpaired) electrons. The zero-order chi connectivity index (χ0) is 21.3. The van der Waals surface area contributed by atoms with Gasteiger partial charge in [0.05, 0.1) is 0 Å². The lowest BCUT2D eigenvalue weighted by Gasteiger charge is -2.34. The number of nitrogens with zero attached hydrogens (tertiary/aromatic N) is 2. The molecule has 1 atom stereocenters. The molecule has 0 saturated heterocycles. The zero-order valence-electron chi connectivity index (χ0n) is 15.4. The maximum absolute atomic E-state index is 14.3. The third-order valence-corrected chi connectivity index (χ3v) is 5.26. The molecule has 1 heterocycles. The molecule has 2 rings (SSSR count). The summed E-state index contributed by atoms with van der Waals surface area (Å²) in [6.07, 6.45) is -6.08. The predicted molar refractivity (Wildman–Crippen MR) is 101 cm³/mol. The Morgan fingerprint density at radius 2 is 1.75 bits per heavy atom. The van der Waals surface area contributed by atoms with Crippen LogP contribution in [0.3, 0.4) is 0 Å². The average molecular weight is 459 g/mol. The molecule has 1 unspecified atom stereocenters. The van der Waals surface area contributed by atoms with Gasteiger partial charge < -0.3 is 0 Å². The highest BCUT2D eigenvalue weighted by molar-refractivity contribution is 9.10. The number of nitro groups is 1. The van der Waals surface area contributed by atoms with Crippen molar-refractivity contribution in [3.05, 3.63) is 73.0 Å². The van der Waals surface area contributed by atoms with Crippen LogP contribution < -0.4 is 0 Å². The molecule has 1 aromatic carbocycles. The lowest BCUT2D eigenvalue weighted by Crippen LogP contribution is -2.50. The van der Waals surface area contributed by atoms with Gasteiger partial charge in [0.25, 0.3) is 0 Å². The minimum atomic E-state index is -5.02. The van der Waals surface area contributed by atoms with E-state index >= 15 is 0 Å². The number of rotatable bonds is 6. The monoisotopic (exact) mass is 458 g/mol. The largest absolute Gasteiger partial charge is 0.405 e. The minimum absolute atomic E-state index is 0.0559. The second kappa shape index (κ2) is 7.98. The van der Waals surface area contributed by atoms with Crippen LogP contribution in [-0.4, -0.2) is 28.4 Å². The molecule has 0 N–H and O–H groups in total. The van der Waals surface area contributed by atoms with Crippen LogP contribution in [0.15, 0.2) is 34.8 Å². The lowest BCUT2D eigenvalue weighted by atomic mass is 9.72. The van der Waals surface area contributed by atoms with Gasteiger partial charge in [-0.3, -0.25) is 19.9 Å². The van der Waals surface area contributed by atoms with Gasteiger partial charge in [0.2, 0.25) is 6.54 Å². The van der Waals surface area contributed by atoms with Gasteiger partial charge in [-0.1, -0.05) is 28.1 Å². The Hall–Kier alpha value is -2.29. The van der Waals surface area contributed by atoms with Crippen molar-refractivity contribution in [1.82, 2.24) is 4.98 Å². The summed E-state index contributed by atoms with van der Waals surface area (Å²) < 4.78 is 43.6. The van der Waals surface area contributed by atoms with Crippen LogP contribution >= 0.6 is 15.9 Å². The van der Waals surface area contributed by atoms with E-state index < -0.39 is 35.3 Å². The summed E-state index contributed by atoms with van der Waals surface area (Å²) in [4.78, 5) is 27.1. The molecule has 0 saturated carbocycles. The van der Waals surface area contributed by atoms with Crippen LogP contribution in [0.25, 0.3) is 0 Å². The number of alkyl halides is 3. The van der Waals surface area contributed by atoms with E-state index in [1.807, 2.05) is 0 Å². The van der Waals surface area contributed by atoms with Crippen LogP contribution in [0, 0.1) is 30.9 Å². The first-order chi connectivity index (χ1) is 12.9. The van der Waals surface area contributed by atoms with E-state index in [1.165, 1.54) is 51.1 Å². The number of aryl methyl sites for hydroxylation is 2. The molecular weight excluding hydrogens is 441 g/mol. The normalized spacial score (nSPS) is 13.8. The maximum atomic E-state index is 14.3. The predicted octanol–water partition coefficient (Wildman–Crippen LogP) is 5.12. The topological polar surface area (TPSA) is 73.1 Å². The Morgan fingerprint density at radius 1 is 1.18 bits per heavy atom. The summed E-state index contributed by atoms with van der Waals surface area (Å²) >= 11 is 3.20. The standard InChI is InChI=1S/C19H18BrF3N2O3/c1-11-8-16(12(2)13(3)24-11)18(10-25(27)28,19(21,22)23)9-17(26)14-4-6-15(20)7-5-14/h4-8H,9-10H2,1-3H3. The zero-order valence-corrected chi connectivity index (χ0v) is 17.0. The highest BCUT2D eigenvalue weighted by atomic mass is 79.9. The van der Waals surface area contributed by atoms with E-state index in [1.54, 1.807) is 0 Å². The first-order valence-corrected chi connectivity index (χ1v) is 9.09. The molecule has 150 valence electrons. The Bertz CT molecular complexity index is 914. The summed E-state index contributed by atoms with van der Waals surface area (Å²) in [5.41, 5.74) is -2.36. The molecule has 9 heteroatoms. The van der Waals surface area contributed by atoms with Gasteiger partial charge in [-0.15, -0.1) is 0 Å². The molecule has 0 bridgehead atoms. The van der Waals surface area contributed by atoms with Crippen molar-refractivity contribution in [3.63, 3.8) is 0 Å². The number of Topliss-reactive ketones (excluding diaryl/α,β-unsaturated/α-hetero) is 1. The Balaban J connectivity index is 2.70. The highest BCUT2D eigenvalue weighted by Crippen LogP contribution is 2.46. The second-order valence-electron chi connectivity index (χ2n) is 6.70. The average Bonchev–Trinajstić information content (AvgIpc) is 2.56. The number of aromatic nitrogens is 1. The van der Waals surface area contributed by atoms with E-state index in [2.05, 4.69) is 20.9 Å². The number of hydrogen-bond acceptors (Lipinski definition) is 4. The van der Waals surface area contributed by atoms with Crippen molar-refractivity contribution in [3.8, 4) is 0 Å². The third kappa shape index (κ3) is 4.40. The minimum Gasteiger partial charge on any atom is -0.294 e. The van der Waals surface area contributed by atoms with Crippen LogP contribution in [0.1, 0.15) is 39.3 Å². The number of benzene rings is 1. The number of pyridine rings is 1. The van der Waals surface area contributed by atoms with Gasteiger partial charge in [0, 0.05) is 32.8 Å². The molecule has 0 aliphatic heterocycles. The van der Waals surface area contributed by atoms with E-state index in [9.17, 15) is 28.1 Å². The number of carbonyl (C=O) groups excluding carboxylic acids is 1. The summed E-state index contributed by atoms with van der Waals surface area (Å²) in [7, 11) is 0. The molecule has 1 aromatic heterocycles. The van der Waals surface area contributed by atoms with Gasteiger partial charge >= 0.3 is 6.18 Å². The third-order valence-electron chi connectivity index (χ3n) is 4.73. The lowest BCUT2D eigenvalue weighted by molar-refractivity contribution is -0.501. The van der Waals surface area contributed by atoms with E-state index in [0.29, 0.717) is 15.9 Å². The molecule has 0 spiro atoms. The fourth-order valence-corrected chi connectivity index (χ4v) is 3.47. The molecule has 0 amide bonds. The van der Waals surface area contributed by atoms with Crippen LogP contribution in [0.5, 0.6) is 0 Å². The number of hydrogen-bond donors (Lipinski definition) is 0. The van der Waals surface area contributed by atoms with Crippen molar-refractivity contribution in [1.29, 1.82) is 0 Å². The molecule has 0 aliphatic carbocycles. The Labute approximate surface area is 168 Å². The molecule has 0 fully saturated rings. The maximum Gasteiger partial charge on any atom is 0.405 e. The fraction of sp³-hybridized carbons (Fsp3) is 0.368. The van der Waals surface area contributed by atoms with E-state index in [4.69, 9.17) is 0 Å². The van der Waals surface area contributed by atoms with E-state index in [-0.39, 0.29) is 16.7 Å². The van der Waals surface area contributed by atoms with Crippen LogP contribution in [0.2, 0.25) is 0 Å². The summed E-state index contributed by atoms with van der Waals surface area (Å²) in [5, 5.41) is 11.3. The smallest absolute Gasteiger partial charge is 0.294 e. The van der Waals surface area contributed by atoms with Gasteiger partial charge in [0.1, 0.15) is 0 Å². The van der Waals surface area contributed by atoms with Gasteiger partial charge in [0.15, 0.2) is 11.2 Å². The van der Waals surface area contributed by atoms with Crippen LogP contribution in [0.4, 0.5) is 13.2 Å². The van der Waals surface area contributed by atoms with E-state index in [0.717, 1.165) is 0 Å². The Morgan fingerprint density at radius 3 is 2.25 bits per heavy atom. The quantitative estimate of drug-likeness (QED) is 0.342. The number of carbonyl (C=O) groups is 1. The SMILES string of the molecule is Cc1cc(C(CC(=O)c2ccc(Br)cc2)(C[N+](=O)[O-])C(F)(F)F)c(C)c(C)n1. The summed E-state index contributed by atoms with van der Waals surface area (Å²) in [6.45, 7) is 3.04. The first kappa shape index (κ1) is 22.0. The highest BCUT2D eigenvalue weighted by Gasteiger charge is 2.61. The van der Waals surface area contributed by atoms with Crippen LogP contribution in [-0.2, 0) is 5.41 Å². The summed E-state index contributed by atoms with van der Waals surface area (Å²) in [6, 6.07) is 7.02. The first-order valence-electron chi connectivity index (χ1n) is 8.30. The van der Waals surface area contributed by atoms with Gasteiger partial charge in [-0.05, 0) is 50.1 Å². The van der Waals surface area contributed by atoms with Crippen molar-refractivity contribution in [2.45, 2.75) is 38.8 Å². The molecular formula is C19H18BrF3N2O3. The molecule has 0 aliphatic rings. The number of halogens is 4. The molecule has 5 nitrogen and oxygen atoms in total. The van der Waals surface area contributed by atoms with Crippen molar-refractivity contribution in [2.24, 2.45) is 0 Å².